The molecule has 0 spiro atoms. The molecule has 0 fully saturated rings. The number of amides is 2. The van der Waals surface area contributed by atoms with Crippen LogP contribution >= 0.6 is 23.2 Å². The number of nitrogens with two attached hydrogens (primary N) is 1. The predicted octanol–water partition coefficient (Wildman–Crippen LogP) is 6.90. The summed E-state index contributed by atoms with van der Waals surface area (Å²) < 4.78 is 58.7. The van der Waals surface area contributed by atoms with Crippen molar-refractivity contribution in [1.29, 1.82) is 0 Å². The number of benzene rings is 3. The molecule has 11 heteroatoms. The Morgan fingerprint density at radius 3 is 2.36 bits per heavy atom. The quantitative estimate of drug-likeness (QED) is 0.315. The smallest absolute Gasteiger partial charge is 0.422 e. The molecule has 5 nitrogen and oxygen atoms in total. The first-order valence-corrected chi connectivity index (χ1v) is 11.4. The van der Waals surface area contributed by atoms with Gasteiger partial charge in [-0.05, 0) is 54.4 Å². The molecule has 3 rings (SSSR count). The van der Waals surface area contributed by atoms with Gasteiger partial charge in [0, 0.05) is 22.7 Å². The fourth-order valence-electron chi connectivity index (χ4n) is 3.47. The molecule has 0 aromatic heterocycles. The molecular formula is C25H20Cl2F4N2O3. The Morgan fingerprint density at radius 2 is 1.75 bits per heavy atom. The SMILES string of the molecule is CCCN(C(=O)c1c(F)cccc1Cl)c1ccc(-c2cc(C(N)=O)ccc2Cl)cc1OCC(F)(F)F. The van der Waals surface area contributed by atoms with Gasteiger partial charge in [0.2, 0.25) is 5.91 Å². The lowest BCUT2D eigenvalue weighted by molar-refractivity contribution is -0.153. The maximum atomic E-state index is 14.5. The monoisotopic (exact) mass is 542 g/mol. The zero-order valence-electron chi connectivity index (χ0n) is 18.8. The molecule has 2 amide bonds. The number of carbonyl (C=O) groups excluding carboxylic acids is 2. The van der Waals surface area contributed by atoms with Crippen molar-refractivity contribution in [2.45, 2.75) is 19.5 Å². The van der Waals surface area contributed by atoms with Gasteiger partial charge in [-0.2, -0.15) is 13.2 Å². The number of ether oxygens (including phenoxy) is 1. The molecule has 0 saturated carbocycles. The highest BCUT2D eigenvalue weighted by molar-refractivity contribution is 6.34. The molecule has 0 aliphatic rings. The van der Waals surface area contributed by atoms with Gasteiger partial charge in [-0.25, -0.2) is 4.39 Å². The minimum atomic E-state index is -4.68. The number of primary amides is 1. The van der Waals surface area contributed by atoms with Crippen LogP contribution in [0.15, 0.2) is 54.6 Å². The second-order valence-corrected chi connectivity index (χ2v) is 8.51. The molecule has 36 heavy (non-hydrogen) atoms. The maximum absolute atomic E-state index is 14.5. The van der Waals surface area contributed by atoms with Gasteiger partial charge in [-0.15, -0.1) is 0 Å². The summed E-state index contributed by atoms with van der Waals surface area (Å²) in [7, 11) is 0. The van der Waals surface area contributed by atoms with Crippen LogP contribution in [0.3, 0.4) is 0 Å². The minimum absolute atomic E-state index is 0.0309. The molecule has 0 radical (unpaired) electrons. The van der Waals surface area contributed by atoms with Gasteiger partial charge in [0.05, 0.1) is 16.3 Å². The number of halogens is 6. The first-order valence-electron chi connectivity index (χ1n) is 10.6. The highest BCUT2D eigenvalue weighted by atomic mass is 35.5. The van der Waals surface area contributed by atoms with Gasteiger partial charge in [0.25, 0.3) is 5.91 Å². The fourth-order valence-corrected chi connectivity index (χ4v) is 3.94. The third kappa shape index (κ3) is 6.27. The Hall–Kier alpha value is -3.30. The number of anilines is 1. The molecule has 0 atom stereocenters. The van der Waals surface area contributed by atoms with Crippen molar-refractivity contribution in [3.8, 4) is 16.9 Å². The molecule has 0 bridgehead atoms. The van der Waals surface area contributed by atoms with Crippen molar-refractivity contribution >= 4 is 40.7 Å². The molecular weight excluding hydrogens is 523 g/mol. The Bertz CT molecular complexity index is 1280. The van der Waals surface area contributed by atoms with Gasteiger partial charge in [-0.1, -0.05) is 42.3 Å². The lowest BCUT2D eigenvalue weighted by Gasteiger charge is -2.26. The molecule has 0 unspecified atom stereocenters. The molecule has 3 aromatic carbocycles. The largest absolute Gasteiger partial charge is 0.482 e. The number of carbonyl (C=O) groups is 2. The van der Waals surface area contributed by atoms with E-state index in [0.717, 1.165) is 11.0 Å². The summed E-state index contributed by atoms with van der Waals surface area (Å²) >= 11 is 12.3. The molecule has 0 heterocycles. The van der Waals surface area contributed by atoms with E-state index in [2.05, 4.69) is 0 Å². The number of hydrogen-bond acceptors (Lipinski definition) is 3. The lowest BCUT2D eigenvalue weighted by atomic mass is 10.0. The highest BCUT2D eigenvalue weighted by Crippen LogP contribution is 2.38. The van der Waals surface area contributed by atoms with E-state index in [9.17, 15) is 27.2 Å². The van der Waals surface area contributed by atoms with E-state index in [1.807, 2.05) is 0 Å². The Kier molecular flexibility index (Phi) is 8.47. The van der Waals surface area contributed by atoms with Crippen LogP contribution < -0.4 is 15.4 Å². The second kappa shape index (κ2) is 11.2. The third-order valence-corrected chi connectivity index (χ3v) is 5.72. The van der Waals surface area contributed by atoms with Crippen LogP contribution in [0.2, 0.25) is 10.0 Å². The van der Waals surface area contributed by atoms with Crippen molar-refractivity contribution in [3.63, 3.8) is 0 Å². The van der Waals surface area contributed by atoms with Gasteiger partial charge in [-0.3, -0.25) is 9.59 Å². The van der Waals surface area contributed by atoms with E-state index in [1.165, 1.54) is 48.5 Å². The first kappa shape index (κ1) is 27.3. The van der Waals surface area contributed by atoms with Crippen LogP contribution in [0.5, 0.6) is 5.75 Å². The van der Waals surface area contributed by atoms with Gasteiger partial charge < -0.3 is 15.4 Å². The van der Waals surface area contributed by atoms with E-state index in [1.54, 1.807) is 6.92 Å². The van der Waals surface area contributed by atoms with Gasteiger partial charge in [0.15, 0.2) is 6.61 Å². The van der Waals surface area contributed by atoms with Crippen LogP contribution in [0.25, 0.3) is 11.1 Å². The van der Waals surface area contributed by atoms with Crippen LogP contribution in [0.4, 0.5) is 23.2 Å². The van der Waals surface area contributed by atoms with Crippen molar-refractivity contribution in [1.82, 2.24) is 0 Å². The second-order valence-electron chi connectivity index (χ2n) is 7.70. The summed E-state index contributed by atoms with van der Waals surface area (Å²) in [6.07, 6.45) is -4.28. The fraction of sp³-hybridized carbons (Fsp3) is 0.200. The zero-order chi connectivity index (χ0) is 26.6. The van der Waals surface area contributed by atoms with E-state index >= 15 is 0 Å². The first-order chi connectivity index (χ1) is 16.9. The number of hydrogen-bond donors (Lipinski definition) is 1. The highest BCUT2D eigenvalue weighted by Gasteiger charge is 2.31. The summed E-state index contributed by atoms with van der Waals surface area (Å²) in [5.41, 5.74) is 5.62. The lowest BCUT2D eigenvalue weighted by Crippen LogP contribution is -2.33. The summed E-state index contributed by atoms with van der Waals surface area (Å²) in [4.78, 5) is 26.0. The Morgan fingerprint density at radius 1 is 1.03 bits per heavy atom. The normalized spacial score (nSPS) is 11.3. The summed E-state index contributed by atoms with van der Waals surface area (Å²) in [6, 6.07) is 12.0. The maximum Gasteiger partial charge on any atom is 0.422 e. The number of rotatable bonds is 8. The van der Waals surface area contributed by atoms with Crippen molar-refractivity contribution in [2.24, 2.45) is 5.73 Å². The summed E-state index contributed by atoms with van der Waals surface area (Å²) in [5, 5.41) is 0.0553. The summed E-state index contributed by atoms with van der Waals surface area (Å²) in [5.74, 6) is -2.75. The molecule has 3 aromatic rings. The Labute approximate surface area is 214 Å². The predicted molar refractivity (Wildman–Crippen MR) is 130 cm³/mol. The summed E-state index contributed by atoms with van der Waals surface area (Å²) in [6.45, 7) is 0.124. The third-order valence-electron chi connectivity index (χ3n) is 5.07. The molecule has 0 aliphatic carbocycles. The van der Waals surface area contributed by atoms with Crippen LogP contribution in [-0.4, -0.2) is 31.1 Å². The topological polar surface area (TPSA) is 72.6 Å². The molecule has 0 aliphatic heterocycles. The van der Waals surface area contributed by atoms with Crippen molar-refractivity contribution < 1.29 is 31.9 Å². The molecule has 2 N–H and O–H groups in total. The van der Waals surface area contributed by atoms with E-state index in [-0.39, 0.29) is 33.6 Å². The van der Waals surface area contributed by atoms with Crippen LogP contribution in [0.1, 0.15) is 34.1 Å². The molecule has 190 valence electrons. The van der Waals surface area contributed by atoms with E-state index < -0.39 is 36.0 Å². The zero-order valence-corrected chi connectivity index (χ0v) is 20.3. The standard InChI is InChI=1S/C25H20Cl2F4N2O3/c1-2-10-33(24(35)22-18(27)4-3-5-19(22)28)20-9-7-14(12-21(20)36-13-25(29,30)31)16-11-15(23(32)34)6-8-17(16)26/h3-9,11-12H,2,10,13H2,1H3,(H2,32,34). The van der Waals surface area contributed by atoms with Gasteiger partial charge in [0.1, 0.15) is 11.6 Å². The average molecular weight is 543 g/mol. The van der Waals surface area contributed by atoms with E-state index in [0.29, 0.717) is 17.5 Å². The number of alkyl halides is 3. The van der Waals surface area contributed by atoms with Crippen molar-refractivity contribution in [3.05, 3.63) is 81.6 Å². The Balaban J connectivity index is 2.16. The van der Waals surface area contributed by atoms with Crippen LogP contribution in [0, 0.1) is 5.82 Å². The number of nitrogens with zero attached hydrogens (tertiary/aromatic N) is 1. The van der Waals surface area contributed by atoms with E-state index in [4.69, 9.17) is 33.7 Å². The molecule has 0 saturated heterocycles. The average Bonchev–Trinajstić information content (AvgIpc) is 2.80. The van der Waals surface area contributed by atoms with Crippen LogP contribution in [-0.2, 0) is 0 Å². The van der Waals surface area contributed by atoms with Gasteiger partial charge >= 0.3 is 6.18 Å². The van der Waals surface area contributed by atoms with Crippen molar-refractivity contribution in [2.75, 3.05) is 18.1 Å². The minimum Gasteiger partial charge on any atom is -0.482 e.